The first kappa shape index (κ1) is 23.9. The third-order valence-electron chi connectivity index (χ3n) is 5.28. The van der Waals surface area contributed by atoms with E-state index < -0.39 is 5.25 Å². The number of hydrogen-bond acceptors (Lipinski definition) is 5. The van der Waals surface area contributed by atoms with Gasteiger partial charge in [-0.25, -0.2) is 0 Å². The van der Waals surface area contributed by atoms with Gasteiger partial charge < -0.3 is 10.1 Å². The fraction of sp³-hybridized carbons (Fsp3) is 0.192. The lowest BCUT2D eigenvalue weighted by Crippen LogP contribution is -2.23. The van der Waals surface area contributed by atoms with E-state index in [0.717, 1.165) is 16.7 Å². The highest BCUT2D eigenvalue weighted by molar-refractivity contribution is 8.00. The molecule has 1 unspecified atom stereocenters. The summed E-state index contributed by atoms with van der Waals surface area (Å²) in [5, 5.41) is 12.6. The number of carbonyl (C=O) groups excluding carboxylic acids is 1. The van der Waals surface area contributed by atoms with Crippen LogP contribution in [-0.4, -0.2) is 33.0 Å². The van der Waals surface area contributed by atoms with Crippen molar-refractivity contribution in [2.45, 2.75) is 30.8 Å². The lowest BCUT2D eigenvalue weighted by atomic mass is 10.2. The number of nitrogens with zero attached hydrogens (tertiary/aromatic N) is 3. The van der Waals surface area contributed by atoms with Gasteiger partial charge in [0.25, 0.3) is 0 Å². The van der Waals surface area contributed by atoms with Crippen molar-refractivity contribution in [1.29, 1.82) is 0 Å². The van der Waals surface area contributed by atoms with Crippen molar-refractivity contribution in [3.63, 3.8) is 0 Å². The summed E-state index contributed by atoms with van der Waals surface area (Å²) in [4.78, 5) is 13.0. The Bertz CT molecular complexity index is 1290. The minimum absolute atomic E-state index is 0.151. The number of anilines is 1. The number of halogens is 1. The molecule has 4 aromatic rings. The van der Waals surface area contributed by atoms with Crippen molar-refractivity contribution in [2.75, 3.05) is 12.4 Å². The van der Waals surface area contributed by atoms with E-state index >= 15 is 0 Å². The van der Waals surface area contributed by atoms with Crippen molar-refractivity contribution >= 4 is 35.0 Å². The first-order chi connectivity index (χ1) is 16.5. The summed E-state index contributed by atoms with van der Waals surface area (Å²) in [5.41, 5.74) is 3.56. The Kier molecular flexibility index (Phi) is 7.55. The van der Waals surface area contributed by atoms with Gasteiger partial charge >= 0.3 is 0 Å². The number of carbonyl (C=O) groups is 1. The highest BCUT2D eigenvalue weighted by atomic mass is 35.5. The second kappa shape index (κ2) is 10.8. The van der Waals surface area contributed by atoms with Crippen LogP contribution >= 0.6 is 23.4 Å². The number of nitrogens with one attached hydrogen (secondary N) is 1. The fourth-order valence-electron chi connectivity index (χ4n) is 3.49. The molecule has 3 aromatic carbocycles. The van der Waals surface area contributed by atoms with Crippen LogP contribution in [0.3, 0.4) is 0 Å². The smallest absolute Gasteiger partial charge is 0.237 e. The molecule has 0 bridgehead atoms. The molecular formula is C26H25ClN4O2S. The van der Waals surface area contributed by atoms with Gasteiger partial charge in [-0.3, -0.25) is 9.36 Å². The molecule has 0 fully saturated rings. The number of hydrogen-bond donors (Lipinski definition) is 1. The molecule has 1 atom stereocenters. The predicted molar refractivity (Wildman–Crippen MR) is 138 cm³/mol. The van der Waals surface area contributed by atoms with Crippen molar-refractivity contribution in [3.8, 4) is 17.1 Å². The van der Waals surface area contributed by atoms with Gasteiger partial charge in [-0.15, -0.1) is 10.2 Å². The predicted octanol–water partition coefficient (Wildman–Crippen LogP) is 6.08. The molecule has 1 N–H and O–H groups in total. The molecule has 4 rings (SSSR count). The monoisotopic (exact) mass is 492 g/mol. The normalized spacial score (nSPS) is 11.8. The first-order valence-corrected chi connectivity index (χ1v) is 12.1. The Morgan fingerprint density at radius 3 is 2.56 bits per heavy atom. The van der Waals surface area contributed by atoms with Gasteiger partial charge in [-0.2, -0.15) is 0 Å². The molecule has 6 nitrogen and oxygen atoms in total. The largest absolute Gasteiger partial charge is 0.495 e. The zero-order valence-electron chi connectivity index (χ0n) is 19.2. The molecule has 1 aromatic heterocycles. The van der Waals surface area contributed by atoms with Gasteiger partial charge in [0.05, 0.1) is 29.6 Å². The summed E-state index contributed by atoms with van der Waals surface area (Å²) in [7, 11) is 1.58. The Balaban J connectivity index is 1.61. The first-order valence-electron chi connectivity index (χ1n) is 10.8. The highest BCUT2D eigenvalue weighted by Crippen LogP contribution is 2.32. The number of ether oxygens (including phenoxy) is 1. The molecule has 8 heteroatoms. The Morgan fingerprint density at radius 2 is 1.82 bits per heavy atom. The van der Waals surface area contributed by atoms with Gasteiger partial charge in [0.1, 0.15) is 5.75 Å². The molecule has 0 radical (unpaired) electrons. The molecule has 0 spiro atoms. The van der Waals surface area contributed by atoms with E-state index in [0.29, 0.717) is 34.0 Å². The molecule has 174 valence electrons. The summed E-state index contributed by atoms with van der Waals surface area (Å²) in [5.74, 6) is 1.12. The van der Waals surface area contributed by atoms with Crippen LogP contribution in [0.15, 0.2) is 78.0 Å². The standard InChI is InChI=1S/C26H25ClN4O2S/c1-17-13-14-23(33-3)22(15-17)28-25(32)18(2)34-26-30-29-24(20-11-7-8-12-21(20)27)31(26)16-19-9-5-4-6-10-19/h4-15,18H,16H2,1-3H3,(H,28,32). The second-order valence-electron chi connectivity index (χ2n) is 7.81. The number of thioether (sulfide) groups is 1. The quantitative estimate of drug-likeness (QED) is 0.302. The van der Waals surface area contributed by atoms with Crippen LogP contribution in [0.4, 0.5) is 5.69 Å². The maximum absolute atomic E-state index is 13.0. The Morgan fingerprint density at radius 1 is 1.09 bits per heavy atom. The zero-order chi connectivity index (χ0) is 24.1. The molecule has 1 heterocycles. The van der Waals surface area contributed by atoms with Crippen molar-refractivity contribution in [3.05, 3.63) is 88.9 Å². The summed E-state index contributed by atoms with van der Waals surface area (Å²) in [6, 6.07) is 23.3. The van der Waals surface area contributed by atoms with Crippen LogP contribution in [-0.2, 0) is 11.3 Å². The number of aryl methyl sites for hydroxylation is 1. The Hall–Kier alpha value is -3.29. The molecular weight excluding hydrogens is 468 g/mol. The topological polar surface area (TPSA) is 69.0 Å². The van der Waals surface area contributed by atoms with Crippen LogP contribution in [0.25, 0.3) is 11.4 Å². The van der Waals surface area contributed by atoms with Crippen LogP contribution in [0, 0.1) is 6.92 Å². The average Bonchev–Trinajstić information content (AvgIpc) is 3.21. The molecule has 0 saturated heterocycles. The lowest BCUT2D eigenvalue weighted by molar-refractivity contribution is -0.115. The lowest BCUT2D eigenvalue weighted by Gasteiger charge is -2.16. The van der Waals surface area contributed by atoms with Gasteiger partial charge in [0, 0.05) is 5.56 Å². The van der Waals surface area contributed by atoms with Gasteiger partial charge in [0.2, 0.25) is 5.91 Å². The minimum Gasteiger partial charge on any atom is -0.495 e. The zero-order valence-corrected chi connectivity index (χ0v) is 20.7. The van der Waals surface area contributed by atoms with Crippen LogP contribution in [0.5, 0.6) is 5.75 Å². The molecule has 0 aliphatic carbocycles. The summed E-state index contributed by atoms with van der Waals surface area (Å²) in [6.07, 6.45) is 0. The van der Waals surface area contributed by atoms with Gasteiger partial charge in [-0.1, -0.05) is 71.9 Å². The van der Waals surface area contributed by atoms with E-state index in [2.05, 4.69) is 15.5 Å². The molecule has 34 heavy (non-hydrogen) atoms. The third-order valence-corrected chi connectivity index (χ3v) is 6.69. The summed E-state index contributed by atoms with van der Waals surface area (Å²) in [6.45, 7) is 4.37. The van der Waals surface area contributed by atoms with E-state index in [1.807, 2.05) is 91.2 Å². The molecule has 0 saturated carbocycles. The van der Waals surface area contributed by atoms with E-state index in [9.17, 15) is 4.79 Å². The summed E-state index contributed by atoms with van der Waals surface area (Å²) >= 11 is 7.82. The number of amides is 1. The van der Waals surface area contributed by atoms with Crippen molar-refractivity contribution < 1.29 is 9.53 Å². The average molecular weight is 493 g/mol. The summed E-state index contributed by atoms with van der Waals surface area (Å²) < 4.78 is 7.39. The Labute approximate surface area is 208 Å². The third kappa shape index (κ3) is 5.43. The fourth-order valence-corrected chi connectivity index (χ4v) is 4.56. The van der Waals surface area contributed by atoms with Crippen LogP contribution in [0.2, 0.25) is 5.02 Å². The molecule has 1 amide bonds. The molecule has 0 aliphatic heterocycles. The highest BCUT2D eigenvalue weighted by Gasteiger charge is 2.23. The number of rotatable bonds is 8. The van der Waals surface area contributed by atoms with Crippen LogP contribution in [0.1, 0.15) is 18.1 Å². The second-order valence-corrected chi connectivity index (χ2v) is 9.53. The molecule has 0 aliphatic rings. The van der Waals surface area contributed by atoms with Gasteiger partial charge in [-0.05, 0) is 49.2 Å². The maximum Gasteiger partial charge on any atom is 0.237 e. The van der Waals surface area contributed by atoms with E-state index in [4.69, 9.17) is 16.3 Å². The van der Waals surface area contributed by atoms with Crippen molar-refractivity contribution in [1.82, 2.24) is 14.8 Å². The van der Waals surface area contributed by atoms with E-state index in [-0.39, 0.29) is 5.91 Å². The maximum atomic E-state index is 13.0. The van der Waals surface area contributed by atoms with Crippen LogP contribution < -0.4 is 10.1 Å². The minimum atomic E-state index is -0.428. The van der Waals surface area contributed by atoms with Gasteiger partial charge in [0.15, 0.2) is 11.0 Å². The van der Waals surface area contributed by atoms with Crippen molar-refractivity contribution in [2.24, 2.45) is 0 Å². The SMILES string of the molecule is COc1ccc(C)cc1NC(=O)C(C)Sc1nnc(-c2ccccc2Cl)n1Cc1ccccc1. The number of benzene rings is 3. The van der Waals surface area contributed by atoms with E-state index in [1.165, 1.54) is 11.8 Å². The van der Waals surface area contributed by atoms with E-state index in [1.54, 1.807) is 7.11 Å². The number of methoxy groups -OCH3 is 1. The number of aromatic nitrogens is 3.